The summed E-state index contributed by atoms with van der Waals surface area (Å²) in [7, 11) is 0. The number of aromatic nitrogens is 2. The molecule has 0 spiro atoms. The fourth-order valence-corrected chi connectivity index (χ4v) is 1.91. The van der Waals surface area contributed by atoms with Crippen molar-refractivity contribution in [3.63, 3.8) is 0 Å². The zero-order valence-corrected chi connectivity index (χ0v) is 9.28. The van der Waals surface area contributed by atoms with Gasteiger partial charge in [0.25, 0.3) is 5.56 Å². The van der Waals surface area contributed by atoms with Crippen molar-refractivity contribution in [1.82, 2.24) is 9.55 Å². The molecule has 2 heterocycles. The molecule has 0 aliphatic carbocycles. The number of aryl methyl sites for hydroxylation is 1. The van der Waals surface area contributed by atoms with Crippen LogP contribution in [0.25, 0.3) is 5.57 Å². The largest absolute Gasteiger partial charge is 0.288 e. The maximum absolute atomic E-state index is 12.1. The number of allylic oxidation sites excluding steroid dienone is 3. The molecular formula is C12H12N2O2. The summed E-state index contributed by atoms with van der Waals surface area (Å²) in [6, 6.07) is 0. The molecule has 0 amide bonds. The Hall–Kier alpha value is -1.93. The van der Waals surface area contributed by atoms with Gasteiger partial charge in [-0.3, -0.25) is 9.36 Å². The van der Waals surface area contributed by atoms with Crippen LogP contribution in [0.5, 0.6) is 0 Å². The second-order valence-electron chi connectivity index (χ2n) is 3.69. The van der Waals surface area contributed by atoms with E-state index in [9.17, 15) is 9.59 Å². The topological polar surface area (TPSA) is 52.0 Å². The maximum atomic E-state index is 12.1. The van der Waals surface area contributed by atoms with Crippen LogP contribution in [0.2, 0.25) is 0 Å². The average molecular weight is 216 g/mol. The molecule has 0 N–H and O–H groups in total. The smallest absolute Gasteiger partial charge is 0.257 e. The number of hydrogen-bond donors (Lipinski definition) is 0. The van der Waals surface area contributed by atoms with Crippen LogP contribution < -0.4 is 5.56 Å². The Balaban J connectivity index is 2.80. The number of fused-ring (bicyclic) bond motifs is 1. The van der Waals surface area contributed by atoms with Gasteiger partial charge in [-0.05, 0) is 19.4 Å². The number of carbonyl (C=O) groups excluding carboxylic acids is 1. The first-order valence-corrected chi connectivity index (χ1v) is 5.21. The molecule has 0 fully saturated rings. The zero-order valence-electron chi connectivity index (χ0n) is 9.28. The van der Waals surface area contributed by atoms with Crippen LogP contribution >= 0.6 is 0 Å². The lowest BCUT2D eigenvalue weighted by Gasteiger charge is -2.15. The molecule has 1 aromatic heterocycles. The molecule has 1 aliphatic heterocycles. The van der Waals surface area contributed by atoms with E-state index in [-0.39, 0.29) is 5.56 Å². The highest BCUT2D eigenvalue weighted by atomic mass is 16.1. The molecule has 16 heavy (non-hydrogen) atoms. The highest BCUT2D eigenvalue weighted by Crippen LogP contribution is 2.15. The number of rotatable bonds is 1. The van der Waals surface area contributed by atoms with Crippen molar-refractivity contribution in [1.29, 1.82) is 0 Å². The van der Waals surface area contributed by atoms with E-state index in [2.05, 4.69) is 4.98 Å². The predicted molar refractivity (Wildman–Crippen MR) is 60.9 cm³/mol. The van der Waals surface area contributed by atoms with Gasteiger partial charge in [-0.25, -0.2) is 9.78 Å². The lowest BCUT2D eigenvalue weighted by atomic mass is 10.1. The summed E-state index contributed by atoms with van der Waals surface area (Å²) in [5.41, 5.74) is 1.70. The van der Waals surface area contributed by atoms with E-state index >= 15 is 0 Å². The van der Waals surface area contributed by atoms with Crippen molar-refractivity contribution in [3.05, 3.63) is 39.6 Å². The molecule has 0 saturated carbocycles. The van der Waals surface area contributed by atoms with Crippen molar-refractivity contribution < 1.29 is 4.79 Å². The summed E-state index contributed by atoms with van der Waals surface area (Å²) in [6.07, 6.45) is 4.08. The third kappa shape index (κ3) is 1.44. The number of hydrogen-bond acceptors (Lipinski definition) is 3. The Morgan fingerprint density at radius 1 is 1.56 bits per heavy atom. The standard InChI is InChI=1S/C12H12N2O2/c1-3-10-8(2)13-11-9(7-15)5-4-6-14(11)12(10)16/h4-5H,3,6H2,1-2H3. The van der Waals surface area contributed by atoms with Gasteiger partial charge in [0.05, 0.1) is 0 Å². The number of nitrogens with zero attached hydrogens (tertiary/aromatic N) is 2. The summed E-state index contributed by atoms with van der Waals surface area (Å²) >= 11 is 0. The van der Waals surface area contributed by atoms with E-state index in [0.717, 1.165) is 0 Å². The first-order chi connectivity index (χ1) is 7.69. The Bertz CT molecular complexity index is 575. The van der Waals surface area contributed by atoms with Gasteiger partial charge >= 0.3 is 0 Å². The summed E-state index contributed by atoms with van der Waals surface area (Å²) in [6.45, 7) is 4.19. The molecule has 0 atom stereocenters. The maximum Gasteiger partial charge on any atom is 0.257 e. The second kappa shape index (κ2) is 3.91. The zero-order chi connectivity index (χ0) is 11.7. The Morgan fingerprint density at radius 3 is 2.94 bits per heavy atom. The minimum atomic E-state index is -0.0536. The third-order valence-corrected chi connectivity index (χ3v) is 2.75. The minimum absolute atomic E-state index is 0.0536. The van der Waals surface area contributed by atoms with Gasteiger partial charge in [-0.2, -0.15) is 0 Å². The van der Waals surface area contributed by atoms with Crippen LogP contribution in [0.4, 0.5) is 0 Å². The molecule has 4 heteroatoms. The molecule has 1 aliphatic rings. The van der Waals surface area contributed by atoms with Crippen molar-refractivity contribution in [3.8, 4) is 0 Å². The van der Waals surface area contributed by atoms with Gasteiger partial charge in [-0.1, -0.05) is 13.0 Å². The predicted octanol–water partition coefficient (Wildman–Crippen LogP) is 0.899. The lowest BCUT2D eigenvalue weighted by molar-refractivity contribution is 0.569. The molecule has 0 aromatic carbocycles. The lowest BCUT2D eigenvalue weighted by Crippen LogP contribution is -2.30. The van der Waals surface area contributed by atoms with Crippen LogP contribution in [0, 0.1) is 6.92 Å². The fourth-order valence-electron chi connectivity index (χ4n) is 1.91. The van der Waals surface area contributed by atoms with E-state index in [1.807, 2.05) is 12.9 Å². The van der Waals surface area contributed by atoms with Crippen molar-refractivity contribution in [2.75, 3.05) is 0 Å². The molecular weight excluding hydrogens is 204 g/mol. The highest BCUT2D eigenvalue weighted by molar-refractivity contribution is 5.91. The molecule has 1 aromatic rings. The van der Waals surface area contributed by atoms with Gasteiger partial charge in [0.15, 0.2) is 5.82 Å². The van der Waals surface area contributed by atoms with Crippen molar-refractivity contribution in [2.24, 2.45) is 0 Å². The van der Waals surface area contributed by atoms with Gasteiger partial charge in [-0.15, -0.1) is 0 Å². The van der Waals surface area contributed by atoms with Gasteiger partial charge in [0.1, 0.15) is 11.5 Å². The summed E-state index contributed by atoms with van der Waals surface area (Å²) in [5.74, 6) is 2.24. The van der Waals surface area contributed by atoms with Crippen molar-refractivity contribution in [2.45, 2.75) is 26.8 Å². The summed E-state index contributed by atoms with van der Waals surface area (Å²) in [5, 5.41) is 0. The van der Waals surface area contributed by atoms with Gasteiger partial charge in [0.2, 0.25) is 0 Å². The fraction of sp³-hybridized carbons (Fsp3) is 0.333. The van der Waals surface area contributed by atoms with E-state index < -0.39 is 0 Å². The Kier molecular flexibility index (Phi) is 2.59. The molecule has 0 unspecified atom stereocenters. The van der Waals surface area contributed by atoms with E-state index in [1.54, 1.807) is 19.1 Å². The summed E-state index contributed by atoms with van der Waals surface area (Å²) in [4.78, 5) is 27.1. The van der Waals surface area contributed by atoms with Crippen molar-refractivity contribution >= 4 is 11.5 Å². The quantitative estimate of drug-likeness (QED) is 0.655. The molecule has 4 nitrogen and oxygen atoms in total. The Labute approximate surface area is 92.9 Å². The van der Waals surface area contributed by atoms with Gasteiger partial charge in [0, 0.05) is 17.8 Å². The molecule has 0 radical (unpaired) electrons. The van der Waals surface area contributed by atoms with E-state index in [4.69, 9.17) is 0 Å². The minimum Gasteiger partial charge on any atom is -0.288 e. The molecule has 82 valence electrons. The van der Waals surface area contributed by atoms with E-state index in [0.29, 0.717) is 35.6 Å². The first-order valence-electron chi connectivity index (χ1n) is 5.21. The van der Waals surface area contributed by atoms with Crippen LogP contribution in [-0.4, -0.2) is 15.5 Å². The highest BCUT2D eigenvalue weighted by Gasteiger charge is 2.17. The van der Waals surface area contributed by atoms with Crippen LogP contribution in [0.15, 0.2) is 16.9 Å². The average Bonchev–Trinajstić information content (AvgIpc) is 2.29. The molecule has 0 bridgehead atoms. The summed E-state index contributed by atoms with van der Waals surface area (Å²) < 4.78 is 1.52. The molecule has 2 rings (SSSR count). The second-order valence-corrected chi connectivity index (χ2v) is 3.69. The van der Waals surface area contributed by atoms with E-state index in [1.165, 1.54) is 4.57 Å². The van der Waals surface area contributed by atoms with Crippen LogP contribution in [0.1, 0.15) is 24.0 Å². The SMILES string of the molecule is CCc1c(C)nc2n(c1=O)CC=CC2=C=O. The van der Waals surface area contributed by atoms with Crippen LogP contribution in [-0.2, 0) is 17.8 Å². The van der Waals surface area contributed by atoms with Gasteiger partial charge < -0.3 is 0 Å². The Morgan fingerprint density at radius 2 is 2.31 bits per heavy atom. The van der Waals surface area contributed by atoms with Crippen LogP contribution in [0.3, 0.4) is 0 Å². The normalized spacial score (nSPS) is 13.5. The monoisotopic (exact) mass is 216 g/mol. The molecule has 0 saturated heterocycles. The third-order valence-electron chi connectivity index (χ3n) is 2.75. The first kappa shape index (κ1) is 10.6.